The second-order valence-corrected chi connectivity index (χ2v) is 7.04. The Hall–Kier alpha value is -1.20. The van der Waals surface area contributed by atoms with Gasteiger partial charge in [-0.1, -0.05) is 70.8 Å². The Morgan fingerprint density at radius 3 is 2.00 bits per heavy atom. The summed E-state index contributed by atoms with van der Waals surface area (Å²) >= 11 is 0. The lowest BCUT2D eigenvalue weighted by Gasteiger charge is -2.30. The van der Waals surface area contributed by atoms with Crippen molar-refractivity contribution in [2.24, 2.45) is 0 Å². The summed E-state index contributed by atoms with van der Waals surface area (Å²) in [5, 5.41) is 20.5. The molecule has 0 saturated carbocycles. The van der Waals surface area contributed by atoms with Crippen LogP contribution in [-0.4, -0.2) is 39.8 Å². The SMILES string of the molecule is CCCCCCCCCCCCC(=O)[C@]1(O)[C@H](O)C=C[C@H]1OC(C)=O. The van der Waals surface area contributed by atoms with Crippen LogP contribution in [0.2, 0.25) is 0 Å². The highest BCUT2D eigenvalue weighted by molar-refractivity contribution is 5.90. The maximum Gasteiger partial charge on any atom is 0.303 e. The van der Waals surface area contributed by atoms with Gasteiger partial charge in [0.05, 0.1) is 0 Å². The molecule has 0 fully saturated rings. The zero-order chi connectivity index (χ0) is 18.7. The van der Waals surface area contributed by atoms with Crippen molar-refractivity contribution in [3.63, 3.8) is 0 Å². The van der Waals surface area contributed by atoms with E-state index >= 15 is 0 Å². The van der Waals surface area contributed by atoms with E-state index in [9.17, 15) is 19.8 Å². The maximum atomic E-state index is 12.4. The molecule has 0 aromatic heterocycles. The van der Waals surface area contributed by atoms with Crippen molar-refractivity contribution in [2.45, 2.75) is 102 Å². The summed E-state index contributed by atoms with van der Waals surface area (Å²) < 4.78 is 4.96. The number of carbonyl (C=O) groups is 2. The Morgan fingerprint density at radius 2 is 1.48 bits per heavy atom. The summed E-state index contributed by atoms with van der Waals surface area (Å²) in [7, 11) is 0. The summed E-state index contributed by atoms with van der Waals surface area (Å²) in [6.45, 7) is 3.43. The molecule has 0 aromatic rings. The number of hydrogen-bond acceptors (Lipinski definition) is 5. The Kier molecular flexibility index (Phi) is 9.98. The van der Waals surface area contributed by atoms with Gasteiger partial charge in [-0.3, -0.25) is 9.59 Å². The molecule has 5 nitrogen and oxygen atoms in total. The molecule has 0 bridgehead atoms. The van der Waals surface area contributed by atoms with Gasteiger partial charge in [0.2, 0.25) is 0 Å². The number of hydrogen-bond donors (Lipinski definition) is 2. The van der Waals surface area contributed by atoms with Crippen molar-refractivity contribution in [2.75, 3.05) is 0 Å². The number of unbranched alkanes of at least 4 members (excludes halogenated alkanes) is 9. The maximum absolute atomic E-state index is 12.4. The Bertz CT molecular complexity index is 445. The highest BCUT2D eigenvalue weighted by atomic mass is 16.6. The number of aliphatic hydroxyl groups excluding tert-OH is 1. The molecule has 0 saturated heterocycles. The highest BCUT2D eigenvalue weighted by Gasteiger charge is 2.52. The van der Waals surface area contributed by atoms with Crippen molar-refractivity contribution >= 4 is 11.8 Å². The van der Waals surface area contributed by atoms with E-state index in [-0.39, 0.29) is 6.42 Å². The zero-order valence-electron chi connectivity index (χ0n) is 15.7. The van der Waals surface area contributed by atoms with Crippen molar-refractivity contribution in [3.05, 3.63) is 12.2 Å². The second-order valence-electron chi connectivity index (χ2n) is 7.04. The van der Waals surface area contributed by atoms with E-state index < -0.39 is 29.6 Å². The lowest BCUT2D eigenvalue weighted by atomic mass is 9.88. The molecule has 0 spiro atoms. The van der Waals surface area contributed by atoms with Crippen LogP contribution >= 0.6 is 0 Å². The highest BCUT2D eigenvalue weighted by Crippen LogP contribution is 2.30. The first-order valence-corrected chi connectivity index (χ1v) is 9.72. The minimum Gasteiger partial charge on any atom is -0.455 e. The van der Waals surface area contributed by atoms with Gasteiger partial charge in [0.25, 0.3) is 0 Å². The fourth-order valence-electron chi connectivity index (χ4n) is 3.27. The normalized spacial score (nSPS) is 25.3. The molecular formula is C20H34O5. The van der Waals surface area contributed by atoms with Crippen LogP contribution in [0.4, 0.5) is 0 Å². The summed E-state index contributed by atoms with van der Waals surface area (Å²) in [4.78, 5) is 23.5. The molecular weight excluding hydrogens is 320 g/mol. The number of Topliss-reactive ketones (excluding diaryl/α,β-unsaturated/α-hetero) is 1. The average molecular weight is 354 g/mol. The van der Waals surface area contributed by atoms with Gasteiger partial charge in [-0.25, -0.2) is 0 Å². The van der Waals surface area contributed by atoms with E-state index in [0.717, 1.165) is 12.8 Å². The molecule has 144 valence electrons. The Morgan fingerprint density at radius 1 is 0.960 bits per heavy atom. The van der Waals surface area contributed by atoms with E-state index in [1.807, 2.05) is 0 Å². The minimum absolute atomic E-state index is 0.184. The zero-order valence-corrected chi connectivity index (χ0v) is 15.7. The molecule has 3 atom stereocenters. The van der Waals surface area contributed by atoms with Crippen LogP contribution in [0.5, 0.6) is 0 Å². The number of esters is 1. The largest absolute Gasteiger partial charge is 0.455 e. The predicted octanol–water partition coefficient (Wildman–Crippen LogP) is 3.46. The standard InChI is InChI=1S/C20H34O5/c1-3-4-5-6-7-8-9-10-11-12-13-17(22)20(24)18(23)14-15-19(20)25-16(2)21/h14-15,18-19,23-24H,3-13H2,1-2H3/t18-,19-,20+/m1/s1. The van der Waals surface area contributed by atoms with Crippen molar-refractivity contribution in [1.29, 1.82) is 0 Å². The molecule has 0 amide bonds. The quantitative estimate of drug-likeness (QED) is 0.301. The lowest BCUT2D eigenvalue weighted by Crippen LogP contribution is -2.55. The molecule has 2 N–H and O–H groups in total. The van der Waals surface area contributed by atoms with E-state index in [0.29, 0.717) is 6.42 Å². The monoisotopic (exact) mass is 354 g/mol. The predicted molar refractivity (Wildman–Crippen MR) is 97.1 cm³/mol. The number of carbonyl (C=O) groups excluding carboxylic acids is 2. The third kappa shape index (κ3) is 6.90. The molecule has 0 aliphatic heterocycles. The van der Waals surface area contributed by atoms with Gasteiger partial charge in [-0.15, -0.1) is 0 Å². The molecule has 1 aliphatic carbocycles. The molecule has 5 heteroatoms. The van der Waals surface area contributed by atoms with E-state index in [1.165, 1.54) is 64.0 Å². The average Bonchev–Trinajstić information content (AvgIpc) is 2.85. The summed E-state index contributed by atoms with van der Waals surface area (Å²) in [6, 6.07) is 0. The van der Waals surface area contributed by atoms with Gasteiger partial charge in [-0.05, 0) is 12.5 Å². The number of rotatable bonds is 13. The minimum atomic E-state index is -2.04. The number of ketones is 1. The van der Waals surface area contributed by atoms with Crippen molar-refractivity contribution in [3.8, 4) is 0 Å². The van der Waals surface area contributed by atoms with Crippen LogP contribution < -0.4 is 0 Å². The van der Waals surface area contributed by atoms with Crippen LogP contribution in [0, 0.1) is 0 Å². The van der Waals surface area contributed by atoms with Crippen LogP contribution in [0.25, 0.3) is 0 Å². The molecule has 0 radical (unpaired) electrons. The van der Waals surface area contributed by atoms with Crippen molar-refractivity contribution < 1.29 is 24.5 Å². The molecule has 0 aromatic carbocycles. The summed E-state index contributed by atoms with van der Waals surface area (Å²) in [5.41, 5.74) is -2.04. The first kappa shape index (κ1) is 21.8. The van der Waals surface area contributed by atoms with E-state index in [2.05, 4.69) is 6.92 Å². The van der Waals surface area contributed by atoms with Crippen LogP contribution in [0.15, 0.2) is 12.2 Å². The van der Waals surface area contributed by atoms with Crippen LogP contribution in [0.3, 0.4) is 0 Å². The van der Waals surface area contributed by atoms with Crippen LogP contribution in [-0.2, 0) is 14.3 Å². The van der Waals surface area contributed by atoms with E-state index in [4.69, 9.17) is 4.74 Å². The fourth-order valence-corrected chi connectivity index (χ4v) is 3.27. The second kappa shape index (κ2) is 11.4. The summed E-state index contributed by atoms with van der Waals surface area (Å²) in [5.74, 6) is -1.05. The Labute approximate surface area is 151 Å². The van der Waals surface area contributed by atoms with Gasteiger partial charge in [0.15, 0.2) is 17.5 Å². The summed E-state index contributed by atoms with van der Waals surface area (Å²) in [6.07, 6.45) is 12.0. The first-order valence-electron chi connectivity index (χ1n) is 9.72. The van der Waals surface area contributed by atoms with Gasteiger partial charge in [0, 0.05) is 13.3 Å². The third-order valence-electron chi connectivity index (χ3n) is 4.85. The topological polar surface area (TPSA) is 83.8 Å². The number of ether oxygens (including phenoxy) is 1. The first-order chi connectivity index (χ1) is 11.9. The van der Waals surface area contributed by atoms with Gasteiger partial charge in [-0.2, -0.15) is 0 Å². The fraction of sp³-hybridized carbons (Fsp3) is 0.800. The van der Waals surface area contributed by atoms with E-state index in [1.54, 1.807) is 0 Å². The molecule has 25 heavy (non-hydrogen) atoms. The molecule has 1 aliphatic rings. The van der Waals surface area contributed by atoms with Gasteiger partial charge in [0.1, 0.15) is 6.10 Å². The molecule has 0 unspecified atom stereocenters. The van der Waals surface area contributed by atoms with Crippen molar-refractivity contribution in [1.82, 2.24) is 0 Å². The number of aliphatic hydroxyl groups is 2. The molecule has 1 rings (SSSR count). The molecule has 0 heterocycles. The Balaban J connectivity index is 2.21. The van der Waals surface area contributed by atoms with Gasteiger partial charge >= 0.3 is 5.97 Å². The lowest BCUT2D eigenvalue weighted by molar-refractivity contribution is -0.172. The van der Waals surface area contributed by atoms with Crippen LogP contribution in [0.1, 0.15) is 84.5 Å². The smallest absolute Gasteiger partial charge is 0.303 e. The third-order valence-corrected chi connectivity index (χ3v) is 4.85. The van der Waals surface area contributed by atoms with Gasteiger partial charge < -0.3 is 14.9 Å².